The summed E-state index contributed by atoms with van der Waals surface area (Å²) in [6.07, 6.45) is 1.79. The van der Waals surface area contributed by atoms with E-state index in [4.69, 9.17) is 5.73 Å². The Kier molecular flexibility index (Phi) is 3.95. The predicted octanol–water partition coefficient (Wildman–Crippen LogP) is 2.81. The first-order valence-electron chi connectivity index (χ1n) is 6.15. The van der Waals surface area contributed by atoms with E-state index in [1.165, 1.54) is 11.1 Å². The van der Waals surface area contributed by atoms with Crippen LogP contribution < -0.4 is 11.1 Å². The average molecular weight is 241 g/mol. The van der Waals surface area contributed by atoms with Crippen LogP contribution in [0, 0.1) is 13.8 Å². The maximum atomic E-state index is 5.84. The first-order valence-corrected chi connectivity index (χ1v) is 6.15. The second-order valence-corrected chi connectivity index (χ2v) is 4.51. The van der Waals surface area contributed by atoms with Crippen molar-refractivity contribution in [1.82, 2.24) is 4.98 Å². The lowest BCUT2D eigenvalue weighted by atomic mass is 10.1. The molecule has 1 atom stereocenters. The van der Waals surface area contributed by atoms with E-state index < -0.39 is 0 Å². The fourth-order valence-corrected chi connectivity index (χ4v) is 1.91. The third kappa shape index (κ3) is 2.87. The number of nitrogens with zero attached hydrogens (tertiary/aromatic N) is 1. The van der Waals surface area contributed by atoms with Gasteiger partial charge in [0.05, 0.1) is 11.7 Å². The van der Waals surface area contributed by atoms with Gasteiger partial charge in [0.2, 0.25) is 0 Å². The summed E-state index contributed by atoms with van der Waals surface area (Å²) in [6, 6.07) is 12.3. The highest BCUT2D eigenvalue weighted by Gasteiger charge is 2.11. The molecule has 3 N–H and O–H groups in total. The van der Waals surface area contributed by atoms with Crippen molar-refractivity contribution in [3.8, 4) is 0 Å². The summed E-state index contributed by atoms with van der Waals surface area (Å²) in [7, 11) is 0. The molecule has 0 aliphatic heterocycles. The van der Waals surface area contributed by atoms with E-state index in [0.717, 1.165) is 11.4 Å². The lowest BCUT2D eigenvalue weighted by molar-refractivity contribution is 0.759. The largest absolute Gasteiger partial charge is 0.375 e. The van der Waals surface area contributed by atoms with E-state index in [2.05, 4.69) is 42.3 Å². The van der Waals surface area contributed by atoms with Crippen LogP contribution in [0.1, 0.15) is 22.9 Å². The van der Waals surface area contributed by atoms with E-state index in [1.54, 1.807) is 6.20 Å². The number of aromatic nitrogens is 1. The van der Waals surface area contributed by atoms with Crippen LogP contribution in [0.5, 0.6) is 0 Å². The molecule has 0 aliphatic rings. The maximum Gasteiger partial charge on any atom is 0.0807 e. The van der Waals surface area contributed by atoms with Gasteiger partial charge in [-0.1, -0.05) is 18.2 Å². The highest BCUT2D eigenvalue weighted by molar-refractivity contribution is 5.53. The highest BCUT2D eigenvalue weighted by atomic mass is 15.0. The zero-order valence-electron chi connectivity index (χ0n) is 10.9. The van der Waals surface area contributed by atoms with Crippen molar-refractivity contribution in [2.45, 2.75) is 19.9 Å². The number of rotatable bonds is 4. The van der Waals surface area contributed by atoms with Gasteiger partial charge in [0.1, 0.15) is 0 Å². The molecule has 0 saturated carbocycles. The minimum absolute atomic E-state index is 0.0479. The predicted molar refractivity (Wildman–Crippen MR) is 75.6 cm³/mol. The molecule has 1 heterocycles. The van der Waals surface area contributed by atoms with Crippen molar-refractivity contribution in [3.63, 3.8) is 0 Å². The Balaban J connectivity index is 2.23. The number of aryl methyl sites for hydroxylation is 2. The maximum absolute atomic E-state index is 5.84. The van der Waals surface area contributed by atoms with Gasteiger partial charge in [0.25, 0.3) is 0 Å². The van der Waals surface area contributed by atoms with Crippen molar-refractivity contribution in [2.75, 3.05) is 11.9 Å². The van der Waals surface area contributed by atoms with Crippen LogP contribution in [0.2, 0.25) is 0 Å². The Labute approximate surface area is 108 Å². The molecule has 1 aromatic carbocycles. The standard InChI is InChI=1S/C15H19N3/c1-11-6-7-12(2)14(9-11)18-15(10-16)13-5-3-4-8-17-13/h3-9,15,18H,10,16H2,1-2H3. The lowest BCUT2D eigenvalue weighted by Gasteiger charge is -2.19. The van der Waals surface area contributed by atoms with Crippen LogP contribution in [0.4, 0.5) is 5.69 Å². The van der Waals surface area contributed by atoms with E-state index in [9.17, 15) is 0 Å². The first-order chi connectivity index (χ1) is 8.70. The third-order valence-corrected chi connectivity index (χ3v) is 3.00. The molecule has 0 amide bonds. The monoisotopic (exact) mass is 241 g/mol. The molecular weight excluding hydrogens is 222 g/mol. The second kappa shape index (κ2) is 5.65. The van der Waals surface area contributed by atoms with Crippen LogP contribution in [0.3, 0.4) is 0 Å². The van der Waals surface area contributed by atoms with Gasteiger partial charge in [-0.15, -0.1) is 0 Å². The number of pyridine rings is 1. The number of nitrogens with one attached hydrogen (secondary N) is 1. The minimum atomic E-state index is 0.0479. The Bertz CT molecular complexity index is 508. The van der Waals surface area contributed by atoms with Crippen LogP contribution in [-0.2, 0) is 0 Å². The van der Waals surface area contributed by atoms with Crippen molar-refractivity contribution >= 4 is 5.69 Å². The van der Waals surface area contributed by atoms with E-state index >= 15 is 0 Å². The molecule has 0 fully saturated rings. The van der Waals surface area contributed by atoms with Gasteiger partial charge in [0, 0.05) is 18.4 Å². The summed E-state index contributed by atoms with van der Waals surface area (Å²) in [5, 5.41) is 3.47. The molecule has 2 rings (SSSR count). The molecule has 94 valence electrons. The topological polar surface area (TPSA) is 50.9 Å². The SMILES string of the molecule is Cc1ccc(C)c(NC(CN)c2ccccn2)c1. The zero-order valence-corrected chi connectivity index (χ0v) is 10.9. The zero-order chi connectivity index (χ0) is 13.0. The van der Waals surface area contributed by atoms with Crippen molar-refractivity contribution in [3.05, 3.63) is 59.4 Å². The van der Waals surface area contributed by atoms with Crippen LogP contribution in [-0.4, -0.2) is 11.5 Å². The summed E-state index contributed by atoms with van der Waals surface area (Å²) in [6.45, 7) is 4.70. The van der Waals surface area contributed by atoms with Crippen LogP contribution >= 0.6 is 0 Å². The van der Waals surface area contributed by atoms with Crippen molar-refractivity contribution in [2.24, 2.45) is 5.73 Å². The fourth-order valence-electron chi connectivity index (χ4n) is 1.91. The summed E-state index contributed by atoms with van der Waals surface area (Å²) < 4.78 is 0. The lowest BCUT2D eigenvalue weighted by Crippen LogP contribution is -2.22. The van der Waals surface area contributed by atoms with Gasteiger partial charge in [-0.05, 0) is 43.2 Å². The van der Waals surface area contributed by atoms with Gasteiger partial charge in [-0.2, -0.15) is 0 Å². The van der Waals surface area contributed by atoms with E-state index in [0.29, 0.717) is 6.54 Å². The normalized spacial score (nSPS) is 12.2. The summed E-state index contributed by atoms with van der Waals surface area (Å²) in [5.41, 5.74) is 10.4. The van der Waals surface area contributed by atoms with Gasteiger partial charge in [0.15, 0.2) is 0 Å². The molecular formula is C15H19N3. The molecule has 0 spiro atoms. The van der Waals surface area contributed by atoms with E-state index in [1.807, 2.05) is 18.2 Å². The number of hydrogen-bond acceptors (Lipinski definition) is 3. The molecule has 0 bridgehead atoms. The Morgan fingerprint density at radius 3 is 2.72 bits per heavy atom. The Morgan fingerprint density at radius 2 is 2.06 bits per heavy atom. The van der Waals surface area contributed by atoms with Gasteiger partial charge in [-0.25, -0.2) is 0 Å². The first kappa shape index (κ1) is 12.6. The second-order valence-electron chi connectivity index (χ2n) is 4.51. The van der Waals surface area contributed by atoms with Gasteiger partial charge >= 0.3 is 0 Å². The molecule has 1 unspecified atom stereocenters. The van der Waals surface area contributed by atoms with Gasteiger partial charge < -0.3 is 11.1 Å². The summed E-state index contributed by atoms with van der Waals surface area (Å²) >= 11 is 0. The molecule has 0 aliphatic carbocycles. The van der Waals surface area contributed by atoms with Crippen LogP contribution in [0.25, 0.3) is 0 Å². The number of hydrogen-bond donors (Lipinski definition) is 2. The molecule has 0 saturated heterocycles. The highest BCUT2D eigenvalue weighted by Crippen LogP contribution is 2.21. The number of benzene rings is 1. The minimum Gasteiger partial charge on any atom is -0.375 e. The van der Waals surface area contributed by atoms with Crippen LogP contribution in [0.15, 0.2) is 42.6 Å². The molecule has 1 aromatic heterocycles. The molecule has 2 aromatic rings. The quantitative estimate of drug-likeness (QED) is 0.865. The smallest absolute Gasteiger partial charge is 0.0807 e. The third-order valence-electron chi connectivity index (χ3n) is 3.00. The average Bonchev–Trinajstić information content (AvgIpc) is 2.41. The van der Waals surface area contributed by atoms with Crippen molar-refractivity contribution in [1.29, 1.82) is 0 Å². The van der Waals surface area contributed by atoms with Gasteiger partial charge in [-0.3, -0.25) is 4.98 Å². The Morgan fingerprint density at radius 1 is 1.22 bits per heavy atom. The summed E-state index contributed by atoms with van der Waals surface area (Å²) in [4.78, 5) is 4.36. The van der Waals surface area contributed by atoms with Crippen molar-refractivity contribution < 1.29 is 0 Å². The molecule has 3 nitrogen and oxygen atoms in total. The fraction of sp³-hybridized carbons (Fsp3) is 0.267. The molecule has 18 heavy (non-hydrogen) atoms. The molecule has 0 radical (unpaired) electrons. The molecule has 3 heteroatoms. The van der Waals surface area contributed by atoms with E-state index in [-0.39, 0.29) is 6.04 Å². The number of anilines is 1. The number of nitrogens with two attached hydrogens (primary N) is 1. The summed E-state index contributed by atoms with van der Waals surface area (Å²) in [5.74, 6) is 0. The Hall–Kier alpha value is -1.87.